The molecule has 0 radical (unpaired) electrons. The zero-order valence-corrected chi connectivity index (χ0v) is 21.0. The van der Waals surface area contributed by atoms with Crippen LogP contribution in [0.1, 0.15) is 65.0 Å². The van der Waals surface area contributed by atoms with Gasteiger partial charge in [0.25, 0.3) is 0 Å². The molecule has 7 heteroatoms. The summed E-state index contributed by atoms with van der Waals surface area (Å²) in [5.74, 6) is 1.79. The van der Waals surface area contributed by atoms with Crippen molar-refractivity contribution in [3.8, 4) is 11.5 Å². The summed E-state index contributed by atoms with van der Waals surface area (Å²) in [6.45, 7) is 12.3. The van der Waals surface area contributed by atoms with Gasteiger partial charge in [0, 0.05) is 6.61 Å². The van der Waals surface area contributed by atoms with Crippen LogP contribution in [0.15, 0.2) is 27.9 Å². The van der Waals surface area contributed by atoms with E-state index >= 15 is 0 Å². The molecule has 1 rings (SSSR count). The van der Waals surface area contributed by atoms with Crippen LogP contribution in [0.2, 0.25) is 0 Å². The number of hydrogen-bond donors (Lipinski definition) is 0. The van der Waals surface area contributed by atoms with Crippen molar-refractivity contribution >= 4 is 29.4 Å². The maximum absolute atomic E-state index is 6.15. The van der Waals surface area contributed by atoms with Gasteiger partial charge >= 0.3 is 0 Å². The van der Waals surface area contributed by atoms with Crippen molar-refractivity contribution in [2.75, 3.05) is 26.4 Å². The molecule has 0 unspecified atom stereocenters. The summed E-state index contributed by atoms with van der Waals surface area (Å²) in [6.07, 6.45) is 8.04. The Kier molecular flexibility index (Phi) is 13.7. The Morgan fingerprint density at radius 2 is 1.58 bits per heavy atom. The van der Waals surface area contributed by atoms with Crippen LogP contribution in [-0.4, -0.2) is 38.2 Å². The number of benzene rings is 1. The van der Waals surface area contributed by atoms with Crippen molar-refractivity contribution in [3.05, 3.63) is 33.8 Å². The number of oxime groups is 1. The Morgan fingerprint density at radius 1 is 0.935 bits per heavy atom. The summed E-state index contributed by atoms with van der Waals surface area (Å²) in [7, 11) is 0. The van der Waals surface area contributed by atoms with Gasteiger partial charge in [-0.2, -0.15) is 0 Å². The summed E-state index contributed by atoms with van der Waals surface area (Å²) in [5, 5.41) is 3.89. The molecule has 0 aliphatic carbocycles. The average Bonchev–Trinajstić information content (AvgIpc) is 2.71. The van der Waals surface area contributed by atoms with Crippen LogP contribution < -0.4 is 9.47 Å². The number of unbranched alkanes of at least 4 members (excludes halogenated alkanes) is 2. The second kappa shape index (κ2) is 15.4. The van der Waals surface area contributed by atoms with E-state index in [1.165, 1.54) is 0 Å². The van der Waals surface area contributed by atoms with E-state index < -0.39 is 0 Å². The average molecular weight is 474 g/mol. The van der Waals surface area contributed by atoms with Crippen LogP contribution in [-0.2, 0) is 22.4 Å². The molecule has 5 nitrogen and oxygen atoms in total. The first kappa shape index (κ1) is 27.6. The lowest BCUT2D eigenvalue weighted by Gasteiger charge is -2.17. The Balaban J connectivity index is 2.36. The molecule has 1 aromatic rings. The highest BCUT2D eigenvalue weighted by Crippen LogP contribution is 2.31. The highest BCUT2D eigenvalue weighted by Gasteiger charge is 2.11. The molecule has 0 saturated heterocycles. The van der Waals surface area contributed by atoms with Crippen LogP contribution in [0.5, 0.6) is 11.5 Å². The van der Waals surface area contributed by atoms with E-state index in [0.717, 1.165) is 54.7 Å². The minimum Gasteiger partial charge on any atom is -0.493 e. The molecule has 176 valence electrons. The molecule has 0 N–H and O–H groups in total. The summed E-state index contributed by atoms with van der Waals surface area (Å²) in [6, 6.07) is 4.06. The SMILES string of the molecule is CCc1cc(OCC=C(Cl)Cl)cc(CC)c1OCCCCCOC/C=N/OC(C)(C)C. The number of ether oxygens (including phenoxy) is 3. The van der Waals surface area contributed by atoms with E-state index in [2.05, 4.69) is 19.0 Å². The zero-order chi connectivity index (χ0) is 23.1. The lowest BCUT2D eigenvalue weighted by atomic mass is 10.0. The van der Waals surface area contributed by atoms with Gasteiger partial charge in [0.2, 0.25) is 0 Å². The Bertz CT molecular complexity index is 670. The van der Waals surface area contributed by atoms with E-state index in [4.69, 9.17) is 42.3 Å². The number of nitrogens with zero attached hydrogens (tertiary/aromatic N) is 1. The molecule has 0 amide bonds. The van der Waals surface area contributed by atoms with Gasteiger partial charge in [-0.25, -0.2) is 0 Å². The van der Waals surface area contributed by atoms with Crippen molar-refractivity contribution < 1.29 is 19.0 Å². The summed E-state index contributed by atoms with van der Waals surface area (Å²) in [5.41, 5.74) is 2.03. The van der Waals surface area contributed by atoms with E-state index in [9.17, 15) is 0 Å². The maximum atomic E-state index is 6.15. The molecule has 0 spiro atoms. The van der Waals surface area contributed by atoms with Gasteiger partial charge in [0.05, 0.1) is 19.4 Å². The van der Waals surface area contributed by atoms with Gasteiger partial charge in [-0.15, -0.1) is 0 Å². The van der Waals surface area contributed by atoms with E-state index in [1.54, 1.807) is 12.3 Å². The normalized spacial score (nSPS) is 11.6. The van der Waals surface area contributed by atoms with Gasteiger partial charge in [-0.3, -0.25) is 0 Å². The van der Waals surface area contributed by atoms with Crippen molar-refractivity contribution in [1.29, 1.82) is 0 Å². The first-order chi connectivity index (χ1) is 14.8. The molecular formula is C24H37Cl2NO4. The van der Waals surface area contributed by atoms with Gasteiger partial charge in [-0.05, 0) is 82.2 Å². The van der Waals surface area contributed by atoms with Crippen LogP contribution in [0.4, 0.5) is 0 Å². The van der Waals surface area contributed by atoms with Gasteiger partial charge < -0.3 is 19.0 Å². The van der Waals surface area contributed by atoms with Crippen LogP contribution in [0.25, 0.3) is 0 Å². The smallest absolute Gasteiger partial charge is 0.129 e. The fourth-order valence-corrected chi connectivity index (χ4v) is 2.86. The molecule has 0 aliphatic rings. The van der Waals surface area contributed by atoms with Crippen LogP contribution in [0, 0.1) is 0 Å². The lowest BCUT2D eigenvalue weighted by Crippen LogP contribution is -2.15. The third-order valence-corrected chi connectivity index (χ3v) is 4.55. The first-order valence-corrected chi connectivity index (χ1v) is 11.7. The minimum atomic E-state index is -0.269. The number of hydrogen-bond acceptors (Lipinski definition) is 5. The van der Waals surface area contributed by atoms with Gasteiger partial charge in [-0.1, -0.05) is 42.2 Å². The van der Waals surface area contributed by atoms with E-state index in [0.29, 0.717) is 26.4 Å². The van der Waals surface area contributed by atoms with E-state index in [1.807, 2.05) is 32.9 Å². The lowest BCUT2D eigenvalue weighted by molar-refractivity contribution is 0.000668. The number of rotatable bonds is 15. The zero-order valence-electron chi connectivity index (χ0n) is 19.5. The van der Waals surface area contributed by atoms with Crippen LogP contribution in [0.3, 0.4) is 0 Å². The highest BCUT2D eigenvalue weighted by atomic mass is 35.5. The third kappa shape index (κ3) is 12.9. The quantitative estimate of drug-likeness (QED) is 0.158. The largest absolute Gasteiger partial charge is 0.493 e. The molecule has 0 aromatic heterocycles. The predicted octanol–water partition coefficient (Wildman–Crippen LogP) is 6.88. The number of aryl methyl sites for hydroxylation is 2. The second-order valence-electron chi connectivity index (χ2n) is 8.06. The van der Waals surface area contributed by atoms with Gasteiger partial charge in [0.1, 0.15) is 28.2 Å². The molecular weight excluding hydrogens is 437 g/mol. The summed E-state index contributed by atoms with van der Waals surface area (Å²) < 4.78 is 17.6. The Hall–Kier alpha value is -1.43. The van der Waals surface area contributed by atoms with Crippen molar-refractivity contribution in [3.63, 3.8) is 0 Å². The Morgan fingerprint density at radius 3 is 2.16 bits per heavy atom. The molecule has 0 saturated carbocycles. The molecule has 1 aromatic carbocycles. The Labute approximate surface area is 197 Å². The molecule has 0 aliphatic heterocycles. The fraction of sp³-hybridized carbons (Fsp3) is 0.625. The third-order valence-electron chi connectivity index (χ3n) is 4.24. The minimum absolute atomic E-state index is 0.208. The summed E-state index contributed by atoms with van der Waals surface area (Å²) >= 11 is 11.3. The van der Waals surface area contributed by atoms with Crippen molar-refractivity contribution in [1.82, 2.24) is 0 Å². The van der Waals surface area contributed by atoms with Crippen molar-refractivity contribution in [2.45, 2.75) is 72.3 Å². The molecule has 0 atom stereocenters. The fourth-order valence-electron chi connectivity index (χ4n) is 2.74. The van der Waals surface area contributed by atoms with Crippen molar-refractivity contribution in [2.24, 2.45) is 5.16 Å². The topological polar surface area (TPSA) is 49.3 Å². The van der Waals surface area contributed by atoms with Gasteiger partial charge in [0.15, 0.2) is 0 Å². The summed E-state index contributed by atoms with van der Waals surface area (Å²) in [4.78, 5) is 5.26. The molecule has 31 heavy (non-hydrogen) atoms. The predicted molar refractivity (Wildman–Crippen MR) is 130 cm³/mol. The molecule has 0 heterocycles. The monoisotopic (exact) mass is 473 g/mol. The number of halogens is 2. The van der Waals surface area contributed by atoms with Crippen LogP contribution >= 0.6 is 23.2 Å². The first-order valence-electron chi connectivity index (χ1n) is 11.0. The van der Waals surface area contributed by atoms with E-state index in [-0.39, 0.29) is 10.1 Å². The standard InChI is InChI=1S/C24H37Cl2NO4/c1-6-19-17-21(29-15-11-22(25)26)18-20(7-2)23(19)30-14-10-8-9-13-28-16-12-27-31-24(3,4)5/h11-12,17-18H,6-10,13-16H2,1-5H3/b27-12+. The maximum Gasteiger partial charge on any atom is 0.129 e. The molecule has 0 bridgehead atoms. The molecule has 0 fully saturated rings. The second-order valence-corrected chi connectivity index (χ2v) is 9.07. The highest BCUT2D eigenvalue weighted by molar-refractivity contribution is 6.55.